The normalized spacial score (nSPS) is 10.5. The molecule has 1 aromatic carbocycles. The van der Waals surface area contributed by atoms with Gasteiger partial charge in [-0.05, 0) is 38.4 Å². The Hall–Kier alpha value is -1.26. The van der Waals surface area contributed by atoms with Gasteiger partial charge in [0.1, 0.15) is 6.61 Å². The Morgan fingerprint density at radius 2 is 1.60 bits per heavy atom. The van der Waals surface area contributed by atoms with Gasteiger partial charge in [-0.3, -0.25) is 0 Å². The number of rotatable bonds is 12. The minimum atomic E-state index is 0.640. The summed E-state index contributed by atoms with van der Waals surface area (Å²) in [7, 11) is 0. The van der Waals surface area contributed by atoms with Crippen LogP contribution in [-0.4, -0.2) is 39.5 Å². The topological polar surface area (TPSA) is 39.7 Å². The van der Waals surface area contributed by atoms with E-state index < -0.39 is 0 Å². The van der Waals surface area contributed by atoms with Crippen LogP contribution in [0.4, 0.5) is 0 Å². The number of hydrogen-bond acceptors (Lipinski definition) is 4. The summed E-state index contributed by atoms with van der Waals surface area (Å²) >= 11 is 0. The molecule has 4 heteroatoms. The Kier molecular flexibility index (Phi) is 9.70. The van der Waals surface area contributed by atoms with Crippen LogP contribution in [0.1, 0.15) is 26.7 Å². The minimum Gasteiger partial charge on any atom is -0.490 e. The summed E-state index contributed by atoms with van der Waals surface area (Å²) in [6, 6.07) is 7.81. The summed E-state index contributed by atoms with van der Waals surface area (Å²) in [5, 5.41) is 3.33. The molecule has 0 saturated carbocycles. The van der Waals surface area contributed by atoms with Crippen molar-refractivity contribution >= 4 is 0 Å². The Morgan fingerprint density at radius 1 is 0.900 bits per heavy atom. The summed E-state index contributed by atoms with van der Waals surface area (Å²) in [4.78, 5) is 0. The molecule has 20 heavy (non-hydrogen) atoms. The Labute approximate surface area is 122 Å². The van der Waals surface area contributed by atoms with Crippen LogP contribution in [0.15, 0.2) is 24.3 Å². The lowest BCUT2D eigenvalue weighted by Crippen LogP contribution is -2.23. The quantitative estimate of drug-likeness (QED) is 0.598. The standard InChI is InChI=1S/C16H27NO3/c1-3-12-19-15-8-5-6-9-16(15)20-14-11-17-10-7-13-18-4-2/h5-6,8-9,17H,3-4,7,10-14H2,1-2H3. The number of hydrogen-bond donors (Lipinski definition) is 1. The highest BCUT2D eigenvalue weighted by atomic mass is 16.5. The van der Waals surface area contributed by atoms with Crippen molar-refractivity contribution in [3.8, 4) is 11.5 Å². The number of para-hydroxylation sites is 2. The lowest BCUT2D eigenvalue weighted by Gasteiger charge is -2.12. The Morgan fingerprint density at radius 3 is 2.25 bits per heavy atom. The van der Waals surface area contributed by atoms with E-state index in [0.717, 1.165) is 57.3 Å². The SMILES string of the molecule is CCCOc1ccccc1OCCNCCCOCC. The number of benzene rings is 1. The van der Waals surface area contributed by atoms with Gasteiger partial charge >= 0.3 is 0 Å². The third kappa shape index (κ3) is 7.36. The molecule has 0 amide bonds. The van der Waals surface area contributed by atoms with E-state index in [1.54, 1.807) is 0 Å². The predicted molar refractivity (Wildman–Crippen MR) is 81.7 cm³/mol. The van der Waals surface area contributed by atoms with E-state index in [1.807, 2.05) is 31.2 Å². The van der Waals surface area contributed by atoms with Crippen molar-refractivity contribution in [1.82, 2.24) is 5.32 Å². The van der Waals surface area contributed by atoms with Gasteiger partial charge in [0, 0.05) is 19.8 Å². The van der Waals surface area contributed by atoms with Gasteiger partial charge in [-0.15, -0.1) is 0 Å². The van der Waals surface area contributed by atoms with Crippen LogP contribution in [0.2, 0.25) is 0 Å². The van der Waals surface area contributed by atoms with Gasteiger partial charge < -0.3 is 19.5 Å². The van der Waals surface area contributed by atoms with Crippen LogP contribution < -0.4 is 14.8 Å². The second kappa shape index (κ2) is 11.6. The van der Waals surface area contributed by atoms with Crippen LogP contribution >= 0.6 is 0 Å². The van der Waals surface area contributed by atoms with Crippen LogP contribution in [0, 0.1) is 0 Å². The monoisotopic (exact) mass is 281 g/mol. The van der Waals surface area contributed by atoms with Gasteiger partial charge in [-0.1, -0.05) is 19.1 Å². The van der Waals surface area contributed by atoms with Crippen molar-refractivity contribution < 1.29 is 14.2 Å². The van der Waals surface area contributed by atoms with E-state index in [2.05, 4.69) is 12.2 Å². The molecule has 114 valence electrons. The third-order valence-electron chi connectivity index (χ3n) is 2.69. The molecule has 1 N–H and O–H groups in total. The van der Waals surface area contributed by atoms with Gasteiger partial charge in [0.15, 0.2) is 11.5 Å². The molecule has 0 saturated heterocycles. The molecule has 0 spiro atoms. The zero-order valence-electron chi connectivity index (χ0n) is 12.7. The lowest BCUT2D eigenvalue weighted by molar-refractivity contribution is 0.144. The van der Waals surface area contributed by atoms with Crippen molar-refractivity contribution in [3.05, 3.63) is 24.3 Å². The predicted octanol–water partition coefficient (Wildman–Crippen LogP) is 2.87. The molecule has 0 aliphatic rings. The molecular weight excluding hydrogens is 254 g/mol. The zero-order valence-corrected chi connectivity index (χ0v) is 12.7. The molecule has 1 aromatic rings. The van der Waals surface area contributed by atoms with E-state index >= 15 is 0 Å². The van der Waals surface area contributed by atoms with Crippen molar-refractivity contribution in [2.75, 3.05) is 39.5 Å². The highest BCUT2D eigenvalue weighted by Crippen LogP contribution is 2.26. The fourth-order valence-electron chi connectivity index (χ4n) is 1.70. The second-order valence-corrected chi connectivity index (χ2v) is 4.44. The fraction of sp³-hybridized carbons (Fsp3) is 0.625. The van der Waals surface area contributed by atoms with Gasteiger partial charge in [-0.25, -0.2) is 0 Å². The van der Waals surface area contributed by atoms with Gasteiger partial charge in [0.05, 0.1) is 6.61 Å². The van der Waals surface area contributed by atoms with Crippen LogP contribution in [0.3, 0.4) is 0 Å². The zero-order chi connectivity index (χ0) is 14.5. The van der Waals surface area contributed by atoms with Gasteiger partial charge in [0.25, 0.3) is 0 Å². The first-order valence-electron chi connectivity index (χ1n) is 7.51. The van der Waals surface area contributed by atoms with Crippen LogP contribution in [0.5, 0.6) is 11.5 Å². The third-order valence-corrected chi connectivity index (χ3v) is 2.69. The molecule has 0 bridgehead atoms. The van der Waals surface area contributed by atoms with Crippen molar-refractivity contribution in [2.24, 2.45) is 0 Å². The summed E-state index contributed by atoms with van der Waals surface area (Å²) < 4.78 is 16.7. The number of ether oxygens (including phenoxy) is 3. The first-order valence-corrected chi connectivity index (χ1v) is 7.51. The smallest absolute Gasteiger partial charge is 0.161 e. The van der Waals surface area contributed by atoms with E-state index in [1.165, 1.54) is 0 Å². The molecule has 0 radical (unpaired) electrons. The van der Waals surface area contributed by atoms with Crippen LogP contribution in [-0.2, 0) is 4.74 Å². The largest absolute Gasteiger partial charge is 0.490 e. The maximum atomic E-state index is 5.74. The molecule has 0 aromatic heterocycles. The summed E-state index contributed by atoms with van der Waals surface area (Å²) in [5.41, 5.74) is 0. The molecule has 0 unspecified atom stereocenters. The lowest BCUT2D eigenvalue weighted by atomic mass is 10.3. The maximum Gasteiger partial charge on any atom is 0.161 e. The molecule has 0 aliphatic heterocycles. The average Bonchev–Trinajstić information content (AvgIpc) is 2.49. The Bertz CT molecular complexity index is 344. The first-order chi connectivity index (χ1) is 9.88. The highest BCUT2D eigenvalue weighted by molar-refractivity contribution is 5.39. The Balaban J connectivity index is 2.15. The molecular formula is C16H27NO3. The highest BCUT2D eigenvalue weighted by Gasteiger charge is 2.03. The van der Waals surface area contributed by atoms with E-state index in [4.69, 9.17) is 14.2 Å². The summed E-state index contributed by atoms with van der Waals surface area (Å²) in [6.45, 7) is 8.85. The van der Waals surface area contributed by atoms with E-state index in [-0.39, 0.29) is 0 Å². The minimum absolute atomic E-state index is 0.640. The van der Waals surface area contributed by atoms with Crippen molar-refractivity contribution in [3.63, 3.8) is 0 Å². The summed E-state index contributed by atoms with van der Waals surface area (Å²) in [5.74, 6) is 1.64. The molecule has 0 fully saturated rings. The van der Waals surface area contributed by atoms with Gasteiger partial charge in [-0.2, -0.15) is 0 Å². The van der Waals surface area contributed by atoms with Crippen molar-refractivity contribution in [1.29, 1.82) is 0 Å². The second-order valence-electron chi connectivity index (χ2n) is 4.44. The van der Waals surface area contributed by atoms with Crippen molar-refractivity contribution in [2.45, 2.75) is 26.7 Å². The fourth-order valence-corrected chi connectivity index (χ4v) is 1.70. The molecule has 4 nitrogen and oxygen atoms in total. The maximum absolute atomic E-state index is 5.74. The van der Waals surface area contributed by atoms with E-state index in [9.17, 15) is 0 Å². The number of nitrogens with one attached hydrogen (secondary N) is 1. The molecule has 1 rings (SSSR count). The molecule has 0 atom stereocenters. The van der Waals surface area contributed by atoms with Crippen LogP contribution in [0.25, 0.3) is 0 Å². The van der Waals surface area contributed by atoms with Gasteiger partial charge in [0.2, 0.25) is 0 Å². The molecule has 0 heterocycles. The average molecular weight is 281 g/mol. The van der Waals surface area contributed by atoms with E-state index in [0.29, 0.717) is 6.61 Å². The molecule has 0 aliphatic carbocycles. The first kappa shape index (κ1) is 16.8. The summed E-state index contributed by atoms with van der Waals surface area (Å²) in [6.07, 6.45) is 2.03.